The molecule has 0 fully saturated rings. The third-order valence-corrected chi connectivity index (χ3v) is 12.3. The predicted molar refractivity (Wildman–Crippen MR) is 162 cm³/mol. The molecule has 1 atom stereocenters. The zero-order valence-electron chi connectivity index (χ0n) is 21.0. The van der Waals surface area contributed by atoms with Crippen LogP contribution in [0.4, 0.5) is 0 Å². The van der Waals surface area contributed by atoms with Gasteiger partial charge in [-0.1, -0.05) is 151 Å². The summed E-state index contributed by atoms with van der Waals surface area (Å²) in [5, 5.41) is 5.79. The first-order valence-corrected chi connectivity index (χ1v) is 15.5. The lowest BCUT2D eigenvalue weighted by Gasteiger charge is -2.33. The Balaban J connectivity index is 1.67. The molecular formula is C34H32P2. The van der Waals surface area contributed by atoms with E-state index in [1.807, 2.05) is 0 Å². The predicted octanol–water partition coefficient (Wildman–Crippen LogP) is 7.61. The van der Waals surface area contributed by atoms with Crippen molar-refractivity contribution in [2.45, 2.75) is 19.5 Å². The van der Waals surface area contributed by atoms with Gasteiger partial charge in [-0.25, -0.2) is 0 Å². The SMILES string of the molecule is Cc1ccc(P(c2ccc(C)cc2)C(CP(c2ccccc2)c2ccccc2)c2ccccc2)cc1. The molecule has 0 aliphatic heterocycles. The van der Waals surface area contributed by atoms with Crippen molar-refractivity contribution in [2.24, 2.45) is 0 Å². The average Bonchev–Trinajstić information content (AvgIpc) is 2.94. The highest BCUT2D eigenvalue weighted by molar-refractivity contribution is 7.76. The Kier molecular flexibility index (Phi) is 8.08. The molecule has 36 heavy (non-hydrogen) atoms. The number of benzene rings is 5. The van der Waals surface area contributed by atoms with E-state index in [1.165, 1.54) is 37.9 Å². The molecule has 0 aromatic heterocycles. The van der Waals surface area contributed by atoms with Gasteiger partial charge >= 0.3 is 0 Å². The van der Waals surface area contributed by atoms with Crippen LogP contribution in [0.15, 0.2) is 140 Å². The number of rotatable bonds is 8. The number of hydrogen-bond donors (Lipinski definition) is 0. The zero-order chi connectivity index (χ0) is 24.7. The summed E-state index contributed by atoms with van der Waals surface area (Å²) >= 11 is 0. The highest BCUT2D eigenvalue weighted by atomic mass is 31.1. The lowest BCUT2D eigenvalue weighted by molar-refractivity contribution is 1.10. The van der Waals surface area contributed by atoms with Gasteiger partial charge < -0.3 is 0 Å². The van der Waals surface area contributed by atoms with Gasteiger partial charge in [-0.2, -0.15) is 0 Å². The van der Waals surface area contributed by atoms with E-state index in [9.17, 15) is 0 Å². The van der Waals surface area contributed by atoms with Crippen molar-refractivity contribution >= 4 is 37.1 Å². The molecule has 0 nitrogen and oxygen atoms in total. The van der Waals surface area contributed by atoms with Crippen LogP contribution < -0.4 is 21.2 Å². The first-order chi connectivity index (χ1) is 17.7. The van der Waals surface area contributed by atoms with Crippen LogP contribution in [0.5, 0.6) is 0 Å². The van der Waals surface area contributed by atoms with Gasteiger partial charge in [0.05, 0.1) is 0 Å². The van der Waals surface area contributed by atoms with E-state index >= 15 is 0 Å². The fourth-order valence-electron chi connectivity index (χ4n) is 4.68. The van der Waals surface area contributed by atoms with E-state index in [2.05, 4.69) is 153 Å². The van der Waals surface area contributed by atoms with Gasteiger partial charge in [-0.3, -0.25) is 0 Å². The second kappa shape index (κ2) is 11.8. The Hall–Kier alpha value is -3.04. The molecule has 0 bridgehead atoms. The molecule has 178 valence electrons. The Morgan fingerprint density at radius 1 is 0.444 bits per heavy atom. The van der Waals surface area contributed by atoms with Crippen LogP contribution >= 0.6 is 15.8 Å². The Morgan fingerprint density at radius 3 is 1.25 bits per heavy atom. The molecule has 5 aromatic rings. The fraction of sp³-hybridized carbons (Fsp3) is 0.118. The maximum Gasteiger partial charge on any atom is 0.0167 e. The van der Waals surface area contributed by atoms with Gasteiger partial charge in [0.15, 0.2) is 0 Å². The molecule has 0 aliphatic carbocycles. The van der Waals surface area contributed by atoms with E-state index in [0.717, 1.165) is 6.16 Å². The summed E-state index contributed by atoms with van der Waals surface area (Å²) in [6.07, 6.45) is 1.11. The van der Waals surface area contributed by atoms with Crippen LogP contribution in [0.25, 0.3) is 0 Å². The van der Waals surface area contributed by atoms with Crippen molar-refractivity contribution in [2.75, 3.05) is 6.16 Å². The van der Waals surface area contributed by atoms with Crippen LogP contribution in [0.2, 0.25) is 0 Å². The minimum atomic E-state index is -0.612. The molecule has 5 rings (SSSR count). The van der Waals surface area contributed by atoms with Crippen molar-refractivity contribution in [3.8, 4) is 0 Å². The van der Waals surface area contributed by atoms with Gasteiger partial charge in [0.1, 0.15) is 0 Å². The maximum atomic E-state index is 2.37. The van der Waals surface area contributed by atoms with E-state index in [0.29, 0.717) is 5.66 Å². The molecule has 2 heteroatoms. The highest BCUT2D eigenvalue weighted by Gasteiger charge is 2.30. The van der Waals surface area contributed by atoms with Gasteiger partial charge in [-0.05, 0) is 62.6 Å². The summed E-state index contributed by atoms with van der Waals surface area (Å²) in [5.74, 6) is 0. The Bertz CT molecular complexity index is 1260. The van der Waals surface area contributed by atoms with Crippen molar-refractivity contribution in [3.05, 3.63) is 156 Å². The molecule has 0 aliphatic rings. The van der Waals surface area contributed by atoms with E-state index in [1.54, 1.807) is 0 Å². The van der Waals surface area contributed by atoms with E-state index in [-0.39, 0.29) is 0 Å². The topological polar surface area (TPSA) is 0 Å². The van der Waals surface area contributed by atoms with Gasteiger partial charge in [-0.15, -0.1) is 0 Å². The lowest BCUT2D eigenvalue weighted by Crippen LogP contribution is -2.23. The average molecular weight is 503 g/mol. The van der Waals surface area contributed by atoms with Crippen molar-refractivity contribution in [3.63, 3.8) is 0 Å². The third kappa shape index (κ3) is 5.84. The summed E-state index contributed by atoms with van der Waals surface area (Å²) in [5.41, 5.74) is 4.46. The standard InChI is InChI=1S/C34H32P2/c1-27-18-22-32(23-19-27)36(33-24-20-28(2)21-25-33)34(29-12-6-3-7-13-29)26-35(30-14-8-4-9-15-30)31-16-10-5-11-17-31/h3-25,34H,26H2,1-2H3. The summed E-state index contributed by atoms with van der Waals surface area (Å²) in [6, 6.07) is 52.1. The lowest BCUT2D eigenvalue weighted by atomic mass is 10.2. The van der Waals surface area contributed by atoms with Crippen LogP contribution in [0.1, 0.15) is 22.3 Å². The molecule has 0 heterocycles. The monoisotopic (exact) mass is 502 g/mol. The molecule has 1 unspecified atom stereocenters. The second-order valence-electron chi connectivity index (χ2n) is 9.25. The van der Waals surface area contributed by atoms with Crippen LogP contribution in [0.3, 0.4) is 0 Å². The van der Waals surface area contributed by atoms with Gasteiger partial charge in [0, 0.05) is 5.66 Å². The molecule has 0 spiro atoms. The van der Waals surface area contributed by atoms with E-state index in [4.69, 9.17) is 0 Å². The molecule has 0 amide bonds. The quantitative estimate of drug-likeness (QED) is 0.192. The first kappa shape index (κ1) is 24.6. The van der Waals surface area contributed by atoms with E-state index < -0.39 is 15.8 Å². The van der Waals surface area contributed by atoms with Crippen molar-refractivity contribution in [1.29, 1.82) is 0 Å². The molecular weight excluding hydrogens is 470 g/mol. The molecule has 5 aromatic carbocycles. The van der Waals surface area contributed by atoms with Gasteiger partial charge in [0.2, 0.25) is 0 Å². The minimum Gasteiger partial charge on any atom is -0.0622 e. The van der Waals surface area contributed by atoms with Crippen LogP contribution in [-0.4, -0.2) is 6.16 Å². The molecule has 0 radical (unpaired) electrons. The normalized spacial score (nSPS) is 12.1. The second-order valence-corrected chi connectivity index (χ2v) is 13.9. The molecule has 0 saturated carbocycles. The third-order valence-electron chi connectivity index (χ3n) is 6.61. The summed E-state index contributed by atoms with van der Waals surface area (Å²) < 4.78 is 0. The maximum absolute atomic E-state index is 2.37. The number of aryl methyl sites for hydroxylation is 2. The summed E-state index contributed by atoms with van der Waals surface area (Å²) in [4.78, 5) is 0. The van der Waals surface area contributed by atoms with Crippen molar-refractivity contribution in [1.82, 2.24) is 0 Å². The zero-order valence-corrected chi connectivity index (χ0v) is 22.7. The fourth-order valence-corrected chi connectivity index (χ4v) is 10.6. The Labute approximate surface area is 218 Å². The largest absolute Gasteiger partial charge is 0.0622 e. The summed E-state index contributed by atoms with van der Waals surface area (Å²) in [7, 11) is -1.14. The molecule has 0 saturated heterocycles. The summed E-state index contributed by atoms with van der Waals surface area (Å²) in [6.45, 7) is 4.35. The van der Waals surface area contributed by atoms with Gasteiger partial charge in [0.25, 0.3) is 0 Å². The highest BCUT2D eigenvalue weighted by Crippen LogP contribution is 2.55. The van der Waals surface area contributed by atoms with Crippen LogP contribution in [-0.2, 0) is 0 Å². The smallest absolute Gasteiger partial charge is 0.0167 e. The first-order valence-electron chi connectivity index (χ1n) is 12.5. The minimum absolute atomic E-state index is 0.401. The Morgan fingerprint density at radius 2 is 0.833 bits per heavy atom. The number of hydrogen-bond acceptors (Lipinski definition) is 0. The van der Waals surface area contributed by atoms with Crippen LogP contribution in [0, 0.1) is 13.8 Å². The molecule has 0 N–H and O–H groups in total. The van der Waals surface area contributed by atoms with Crippen molar-refractivity contribution < 1.29 is 0 Å².